The molecule has 21 heavy (non-hydrogen) atoms. The van der Waals surface area contributed by atoms with Crippen molar-refractivity contribution in [1.82, 2.24) is 10.3 Å². The molecule has 0 radical (unpaired) electrons. The maximum absolute atomic E-state index is 12.7. The minimum Gasteiger partial charge on any atom is -0.301 e. The van der Waals surface area contributed by atoms with Crippen LogP contribution in [0, 0.1) is 0 Å². The fraction of sp³-hybridized carbons (Fsp3) is 0.333. The number of nitrogens with one attached hydrogen (secondary N) is 1. The minimum atomic E-state index is -0.525. The van der Waals surface area contributed by atoms with Crippen molar-refractivity contribution in [3.63, 3.8) is 0 Å². The molecule has 1 aromatic carbocycles. The van der Waals surface area contributed by atoms with Gasteiger partial charge in [0.2, 0.25) is 0 Å². The van der Waals surface area contributed by atoms with Crippen molar-refractivity contribution in [2.45, 2.75) is 31.2 Å². The predicted molar refractivity (Wildman–Crippen MR) is 82.9 cm³/mol. The molecule has 2 aromatic rings. The number of rotatable bonds is 4. The monoisotopic (exact) mass is 280 g/mol. The van der Waals surface area contributed by atoms with Gasteiger partial charge in [0.25, 0.3) is 0 Å². The van der Waals surface area contributed by atoms with Gasteiger partial charge in [0.1, 0.15) is 5.54 Å². The molecular weight excluding hydrogens is 260 g/mol. The number of aryl methyl sites for hydroxylation is 1. The Morgan fingerprint density at radius 1 is 1.10 bits per heavy atom. The van der Waals surface area contributed by atoms with E-state index < -0.39 is 5.54 Å². The molecule has 1 fully saturated rings. The molecule has 0 saturated carbocycles. The second-order valence-electron chi connectivity index (χ2n) is 5.58. The molecule has 1 aliphatic rings. The fourth-order valence-corrected chi connectivity index (χ4v) is 3.10. The van der Waals surface area contributed by atoms with Crippen LogP contribution in [0.2, 0.25) is 0 Å². The van der Waals surface area contributed by atoms with Crippen molar-refractivity contribution in [1.29, 1.82) is 0 Å². The lowest BCUT2D eigenvalue weighted by Gasteiger charge is -2.37. The SMILES string of the molecule is O=C1CCCNC1(CCc1ccncc1)c1ccccc1. The lowest BCUT2D eigenvalue weighted by molar-refractivity contribution is -0.128. The van der Waals surface area contributed by atoms with Gasteiger partial charge in [-0.3, -0.25) is 9.78 Å². The van der Waals surface area contributed by atoms with Gasteiger partial charge in [-0.25, -0.2) is 0 Å². The van der Waals surface area contributed by atoms with Crippen LogP contribution < -0.4 is 5.32 Å². The summed E-state index contributed by atoms with van der Waals surface area (Å²) in [4.78, 5) is 16.7. The molecule has 2 heterocycles. The molecule has 1 atom stereocenters. The quantitative estimate of drug-likeness (QED) is 0.936. The summed E-state index contributed by atoms with van der Waals surface area (Å²) in [5.74, 6) is 0.314. The number of benzene rings is 1. The van der Waals surface area contributed by atoms with Crippen molar-refractivity contribution < 1.29 is 4.79 Å². The Kier molecular flexibility index (Phi) is 4.11. The Labute approximate surface area is 125 Å². The summed E-state index contributed by atoms with van der Waals surface area (Å²) in [6.45, 7) is 0.900. The number of pyridine rings is 1. The Balaban J connectivity index is 1.88. The zero-order chi connectivity index (χ0) is 14.5. The number of aromatic nitrogens is 1. The second kappa shape index (κ2) is 6.19. The van der Waals surface area contributed by atoms with E-state index in [0.29, 0.717) is 12.2 Å². The second-order valence-corrected chi connectivity index (χ2v) is 5.58. The molecule has 0 amide bonds. The van der Waals surface area contributed by atoms with Crippen LogP contribution in [0.4, 0.5) is 0 Å². The normalized spacial score (nSPS) is 22.2. The first-order valence-electron chi connectivity index (χ1n) is 7.54. The van der Waals surface area contributed by atoms with Gasteiger partial charge in [-0.05, 0) is 49.1 Å². The van der Waals surface area contributed by atoms with Gasteiger partial charge < -0.3 is 5.32 Å². The summed E-state index contributed by atoms with van der Waals surface area (Å²) in [5, 5.41) is 3.50. The zero-order valence-electron chi connectivity index (χ0n) is 12.1. The summed E-state index contributed by atoms with van der Waals surface area (Å²) >= 11 is 0. The van der Waals surface area contributed by atoms with Crippen molar-refractivity contribution in [2.24, 2.45) is 0 Å². The van der Waals surface area contributed by atoms with Crippen molar-refractivity contribution in [3.8, 4) is 0 Å². The van der Waals surface area contributed by atoms with Crippen molar-refractivity contribution in [2.75, 3.05) is 6.54 Å². The zero-order valence-corrected chi connectivity index (χ0v) is 12.1. The first-order chi connectivity index (χ1) is 10.3. The third kappa shape index (κ3) is 2.88. The van der Waals surface area contributed by atoms with Gasteiger partial charge in [0.15, 0.2) is 5.78 Å². The number of Topliss-reactive ketones (excluding diaryl/α,β-unsaturated/α-hetero) is 1. The maximum Gasteiger partial charge on any atom is 0.157 e. The Bertz CT molecular complexity index is 597. The largest absolute Gasteiger partial charge is 0.301 e. The number of piperidine rings is 1. The van der Waals surface area contributed by atoms with E-state index in [4.69, 9.17) is 0 Å². The molecule has 1 aliphatic heterocycles. The number of carbonyl (C=O) groups excluding carboxylic acids is 1. The third-order valence-electron chi connectivity index (χ3n) is 4.29. The summed E-state index contributed by atoms with van der Waals surface area (Å²) < 4.78 is 0. The average molecular weight is 280 g/mol. The van der Waals surface area contributed by atoms with E-state index in [-0.39, 0.29) is 0 Å². The van der Waals surface area contributed by atoms with Crippen LogP contribution in [0.25, 0.3) is 0 Å². The Morgan fingerprint density at radius 2 is 1.86 bits per heavy atom. The van der Waals surface area contributed by atoms with Crippen LogP contribution in [0.1, 0.15) is 30.4 Å². The third-order valence-corrected chi connectivity index (χ3v) is 4.29. The molecule has 0 spiro atoms. The molecular formula is C18H20N2O. The predicted octanol–water partition coefficient (Wildman–Crippen LogP) is 2.86. The molecule has 3 heteroatoms. The highest BCUT2D eigenvalue weighted by Gasteiger charge is 2.40. The first kappa shape index (κ1) is 14.0. The van der Waals surface area contributed by atoms with E-state index >= 15 is 0 Å². The highest BCUT2D eigenvalue weighted by atomic mass is 16.1. The summed E-state index contributed by atoms with van der Waals surface area (Å²) in [5.41, 5.74) is 1.78. The van der Waals surface area contributed by atoms with Gasteiger partial charge in [-0.15, -0.1) is 0 Å². The Hall–Kier alpha value is -2.00. The van der Waals surface area contributed by atoms with Crippen LogP contribution >= 0.6 is 0 Å². The van der Waals surface area contributed by atoms with Crippen molar-refractivity contribution in [3.05, 3.63) is 66.0 Å². The van der Waals surface area contributed by atoms with E-state index in [1.165, 1.54) is 5.56 Å². The first-order valence-corrected chi connectivity index (χ1v) is 7.54. The molecule has 1 aromatic heterocycles. The highest BCUT2D eigenvalue weighted by Crippen LogP contribution is 2.32. The molecule has 108 valence electrons. The number of carbonyl (C=O) groups is 1. The van der Waals surface area contributed by atoms with Crippen LogP contribution in [0.5, 0.6) is 0 Å². The van der Waals surface area contributed by atoms with Gasteiger partial charge in [0, 0.05) is 18.8 Å². The Morgan fingerprint density at radius 3 is 2.57 bits per heavy atom. The highest BCUT2D eigenvalue weighted by molar-refractivity contribution is 5.90. The van der Waals surface area contributed by atoms with E-state index in [1.54, 1.807) is 12.4 Å². The topological polar surface area (TPSA) is 42.0 Å². The molecule has 0 bridgehead atoms. The summed E-state index contributed by atoms with van der Waals surface area (Å²) in [6, 6.07) is 14.2. The van der Waals surface area contributed by atoms with E-state index in [9.17, 15) is 4.79 Å². The fourth-order valence-electron chi connectivity index (χ4n) is 3.10. The van der Waals surface area contributed by atoms with Crippen LogP contribution in [-0.2, 0) is 16.8 Å². The van der Waals surface area contributed by atoms with Gasteiger partial charge in [-0.2, -0.15) is 0 Å². The number of nitrogens with zero attached hydrogens (tertiary/aromatic N) is 1. The molecule has 0 aliphatic carbocycles. The van der Waals surface area contributed by atoms with E-state index in [2.05, 4.69) is 22.4 Å². The van der Waals surface area contributed by atoms with Gasteiger partial charge >= 0.3 is 0 Å². The van der Waals surface area contributed by atoms with Crippen LogP contribution in [0.15, 0.2) is 54.9 Å². The molecule has 3 rings (SSSR count). The molecule has 1 unspecified atom stereocenters. The van der Waals surface area contributed by atoms with Crippen LogP contribution in [0.3, 0.4) is 0 Å². The van der Waals surface area contributed by atoms with E-state index in [1.807, 2.05) is 30.3 Å². The average Bonchev–Trinajstić information content (AvgIpc) is 2.56. The molecule has 1 saturated heterocycles. The number of hydrogen-bond acceptors (Lipinski definition) is 3. The number of hydrogen-bond donors (Lipinski definition) is 1. The van der Waals surface area contributed by atoms with Crippen molar-refractivity contribution >= 4 is 5.78 Å². The summed E-state index contributed by atoms with van der Waals surface area (Å²) in [7, 11) is 0. The molecule has 3 nitrogen and oxygen atoms in total. The lowest BCUT2D eigenvalue weighted by atomic mass is 9.77. The standard InChI is InChI=1S/C18H20N2O/c21-17-7-4-12-20-18(17,16-5-2-1-3-6-16)11-8-15-9-13-19-14-10-15/h1-3,5-6,9-10,13-14,20H,4,7-8,11-12H2. The van der Waals surface area contributed by atoms with Gasteiger partial charge in [0.05, 0.1) is 0 Å². The summed E-state index contributed by atoms with van der Waals surface area (Å²) in [6.07, 6.45) is 6.87. The van der Waals surface area contributed by atoms with Crippen LogP contribution in [-0.4, -0.2) is 17.3 Å². The van der Waals surface area contributed by atoms with Gasteiger partial charge in [-0.1, -0.05) is 30.3 Å². The maximum atomic E-state index is 12.7. The minimum absolute atomic E-state index is 0.314. The number of ketones is 1. The lowest BCUT2D eigenvalue weighted by Crippen LogP contribution is -2.53. The van der Waals surface area contributed by atoms with E-state index in [0.717, 1.165) is 31.4 Å². The smallest absolute Gasteiger partial charge is 0.157 e. The molecule has 1 N–H and O–H groups in total.